The highest BCUT2D eigenvalue weighted by molar-refractivity contribution is 8.00. The molecule has 0 bridgehead atoms. The number of ether oxygens (including phenoxy) is 1. The van der Waals surface area contributed by atoms with Crippen LogP contribution in [0.5, 0.6) is 5.75 Å². The summed E-state index contributed by atoms with van der Waals surface area (Å²) in [5.41, 5.74) is 3.09. The zero-order valence-electron chi connectivity index (χ0n) is 22.0. The number of benzene rings is 3. The van der Waals surface area contributed by atoms with E-state index in [2.05, 4.69) is 20.6 Å². The molecule has 0 spiro atoms. The monoisotopic (exact) mass is 578 g/mol. The molecule has 40 heavy (non-hydrogen) atoms. The first-order valence-electron chi connectivity index (χ1n) is 12.5. The summed E-state index contributed by atoms with van der Waals surface area (Å²) in [6.07, 6.45) is 4.92. The van der Waals surface area contributed by atoms with Crippen LogP contribution in [0.4, 0.5) is 15.9 Å². The van der Waals surface area contributed by atoms with Crippen molar-refractivity contribution in [3.05, 3.63) is 101 Å². The molecule has 0 aliphatic heterocycles. The molecule has 2 aromatic heterocycles. The Bertz CT molecular complexity index is 1770. The summed E-state index contributed by atoms with van der Waals surface area (Å²) in [4.78, 5) is 8.84. The van der Waals surface area contributed by atoms with Crippen LogP contribution in [0.1, 0.15) is 11.3 Å². The van der Waals surface area contributed by atoms with Crippen molar-refractivity contribution in [2.75, 3.05) is 24.4 Å². The van der Waals surface area contributed by atoms with E-state index in [4.69, 9.17) is 20.8 Å². The second-order valence-corrected chi connectivity index (χ2v) is 12.9. The van der Waals surface area contributed by atoms with Crippen molar-refractivity contribution in [1.29, 1.82) is 0 Å². The first-order chi connectivity index (χ1) is 19.2. The minimum Gasteiger partial charge on any atom is -0.487 e. The maximum Gasteiger partial charge on any atom is 0.141 e. The van der Waals surface area contributed by atoms with E-state index in [1.807, 2.05) is 36.4 Å². The summed E-state index contributed by atoms with van der Waals surface area (Å²) < 4.78 is 37.1. The lowest BCUT2D eigenvalue weighted by Gasteiger charge is -2.12. The predicted molar refractivity (Wildman–Crippen MR) is 160 cm³/mol. The Morgan fingerprint density at radius 2 is 1.93 bits per heavy atom. The first-order valence-corrected chi connectivity index (χ1v) is 15.3. The predicted octanol–water partition coefficient (Wildman–Crippen LogP) is 6.44. The van der Waals surface area contributed by atoms with Crippen LogP contribution in [0, 0.1) is 5.82 Å². The number of fused-ring (bicyclic) bond motifs is 1. The van der Waals surface area contributed by atoms with Crippen LogP contribution in [-0.4, -0.2) is 38.6 Å². The van der Waals surface area contributed by atoms with Crippen LogP contribution in [0.3, 0.4) is 0 Å². The van der Waals surface area contributed by atoms with Gasteiger partial charge in [0, 0.05) is 35.7 Å². The molecular weight excluding hydrogens is 551 g/mol. The van der Waals surface area contributed by atoms with Gasteiger partial charge in [0.2, 0.25) is 0 Å². The van der Waals surface area contributed by atoms with Crippen molar-refractivity contribution in [2.45, 2.75) is 13.2 Å². The molecule has 3 aromatic carbocycles. The Balaban J connectivity index is 1.30. The molecule has 0 saturated heterocycles. The van der Waals surface area contributed by atoms with Crippen LogP contribution >= 0.6 is 11.6 Å². The van der Waals surface area contributed by atoms with Gasteiger partial charge in [-0.3, -0.25) is 4.21 Å². The lowest BCUT2D eigenvalue weighted by atomic mass is 10.1. The second kappa shape index (κ2) is 12.1. The van der Waals surface area contributed by atoms with E-state index < -0.39 is 9.52 Å². The van der Waals surface area contributed by atoms with Gasteiger partial charge < -0.3 is 19.8 Å². The quantitative estimate of drug-likeness (QED) is 0.146. The van der Waals surface area contributed by atoms with Gasteiger partial charge >= 0.3 is 0 Å². The van der Waals surface area contributed by atoms with Gasteiger partial charge in [-0.25, -0.2) is 14.4 Å². The number of furan rings is 1. The summed E-state index contributed by atoms with van der Waals surface area (Å²) in [6, 6.07) is 21.3. The van der Waals surface area contributed by atoms with Gasteiger partial charge in [0.25, 0.3) is 0 Å². The maximum atomic E-state index is 13.4. The molecule has 10 heteroatoms. The molecule has 0 radical (unpaired) electrons. The van der Waals surface area contributed by atoms with Crippen LogP contribution in [0.25, 0.3) is 22.2 Å². The van der Waals surface area contributed by atoms with E-state index >= 15 is 0 Å². The van der Waals surface area contributed by atoms with Gasteiger partial charge in [0.1, 0.15) is 41.8 Å². The molecule has 0 atom stereocenters. The molecule has 5 aromatic rings. The summed E-state index contributed by atoms with van der Waals surface area (Å²) in [5, 5.41) is 9.54. The highest BCUT2D eigenvalue weighted by Gasteiger charge is 2.11. The molecule has 206 valence electrons. The van der Waals surface area contributed by atoms with Crippen LogP contribution < -0.4 is 15.4 Å². The average molecular weight is 579 g/mol. The molecule has 0 aliphatic carbocycles. The van der Waals surface area contributed by atoms with Crippen LogP contribution in [0.15, 0.2) is 83.5 Å². The Kier molecular flexibility index (Phi) is 8.35. The van der Waals surface area contributed by atoms with Crippen LogP contribution in [-0.2, 0) is 22.7 Å². The van der Waals surface area contributed by atoms with E-state index in [9.17, 15) is 8.60 Å². The third-order valence-electron chi connectivity index (χ3n) is 5.99. The van der Waals surface area contributed by atoms with Gasteiger partial charge in [-0.05, 0) is 81.1 Å². The smallest absolute Gasteiger partial charge is 0.141 e. The number of nitrogens with one attached hydrogen (secondary N) is 2. The number of aromatic nitrogens is 2. The molecule has 0 unspecified atom stereocenters. The largest absolute Gasteiger partial charge is 0.487 e. The number of rotatable bonds is 10. The Morgan fingerprint density at radius 1 is 1.05 bits per heavy atom. The van der Waals surface area contributed by atoms with Crippen molar-refractivity contribution in [1.82, 2.24) is 15.3 Å². The summed E-state index contributed by atoms with van der Waals surface area (Å²) >= 11 is 6.48. The van der Waals surface area contributed by atoms with Crippen molar-refractivity contribution in [3.8, 4) is 17.1 Å². The minimum atomic E-state index is -1.89. The minimum absolute atomic E-state index is 0.200. The van der Waals surface area contributed by atoms with Gasteiger partial charge in [0.15, 0.2) is 0 Å². The third-order valence-corrected chi connectivity index (χ3v) is 7.25. The summed E-state index contributed by atoms with van der Waals surface area (Å²) in [6.45, 7) is 1.26. The molecule has 0 saturated carbocycles. The van der Waals surface area contributed by atoms with Crippen molar-refractivity contribution >= 4 is 48.9 Å². The number of nitrogens with zero attached hydrogens (tertiary/aromatic N) is 2. The molecule has 5 rings (SSSR count). The fourth-order valence-electron chi connectivity index (χ4n) is 4.01. The third kappa shape index (κ3) is 7.18. The lowest BCUT2D eigenvalue weighted by molar-refractivity contribution is 0.306. The number of hydrogen-bond donors (Lipinski definition) is 2. The SMILES string of the molecule is CS(C)(=O)=CCNCc1ccc(-c2ccc3ncnc(Nc4ccc(OCc5cccc(F)c5)c(Cl)c4)c3c2)o1. The van der Waals surface area contributed by atoms with Gasteiger partial charge in [0.05, 0.1) is 17.1 Å². The molecule has 0 fully saturated rings. The van der Waals surface area contributed by atoms with Gasteiger partial charge in [-0.15, -0.1) is 0 Å². The molecular formula is C30H28ClFN4O3S. The van der Waals surface area contributed by atoms with Gasteiger partial charge in [-0.2, -0.15) is 0 Å². The van der Waals surface area contributed by atoms with E-state index in [0.29, 0.717) is 35.2 Å². The second-order valence-electron chi connectivity index (χ2n) is 9.52. The van der Waals surface area contributed by atoms with E-state index in [1.165, 1.54) is 18.5 Å². The van der Waals surface area contributed by atoms with E-state index in [-0.39, 0.29) is 12.4 Å². The fraction of sp³-hybridized carbons (Fsp3) is 0.167. The molecule has 2 heterocycles. The lowest BCUT2D eigenvalue weighted by Crippen LogP contribution is -2.18. The Labute approximate surface area is 237 Å². The van der Waals surface area contributed by atoms with Crippen molar-refractivity contribution in [2.24, 2.45) is 0 Å². The molecule has 7 nitrogen and oxygen atoms in total. The van der Waals surface area contributed by atoms with Crippen LogP contribution in [0.2, 0.25) is 5.02 Å². The normalized spacial score (nSPS) is 11.5. The fourth-order valence-corrected chi connectivity index (χ4v) is 4.77. The molecule has 0 aliphatic rings. The number of hydrogen-bond acceptors (Lipinski definition) is 7. The standard InChI is InChI=1S/C30H28ClFN4O3S/c1-40(2,37)13-12-33-17-24-8-11-28(39-24)21-6-9-27-25(15-21)30(35-19-34-27)36-23-7-10-29(26(31)16-23)38-18-20-4-3-5-22(32)14-20/h3-11,13-16,19,33H,12,17-18H2,1-2H3,(H,34,35,36). The van der Waals surface area contributed by atoms with E-state index in [1.54, 1.807) is 42.1 Å². The Morgan fingerprint density at radius 3 is 2.73 bits per heavy atom. The van der Waals surface area contributed by atoms with Crippen molar-refractivity contribution in [3.63, 3.8) is 0 Å². The number of anilines is 2. The number of halogens is 2. The highest BCUT2D eigenvalue weighted by Crippen LogP contribution is 2.32. The van der Waals surface area contributed by atoms with Crippen molar-refractivity contribution < 1.29 is 17.8 Å². The first kappa shape index (κ1) is 27.6. The maximum absolute atomic E-state index is 13.4. The zero-order valence-corrected chi connectivity index (χ0v) is 23.6. The average Bonchev–Trinajstić information content (AvgIpc) is 3.39. The zero-order chi connectivity index (χ0) is 28.1. The highest BCUT2D eigenvalue weighted by atomic mass is 35.5. The topological polar surface area (TPSA) is 89.3 Å². The Hall–Kier alpha value is -3.92. The molecule has 0 amide bonds. The van der Waals surface area contributed by atoms with E-state index in [0.717, 1.165) is 33.7 Å². The molecule has 2 N–H and O–H groups in total. The van der Waals surface area contributed by atoms with Gasteiger partial charge in [-0.1, -0.05) is 23.7 Å². The summed E-state index contributed by atoms with van der Waals surface area (Å²) in [5.74, 6) is 2.29. The summed E-state index contributed by atoms with van der Waals surface area (Å²) in [7, 11) is -1.89.